The van der Waals surface area contributed by atoms with Crippen LogP contribution in [-0.4, -0.2) is 20.8 Å². The predicted octanol–water partition coefficient (Wildman–Crippen LogP) is 1.49. The number of hydrogen-bond acceptors (Lipinski definition) is 3. The third-order valence-electron chi connectivity index (χ3n) is 3.11. The molecule has 0 saturated carbocycles. The molecule has 18 heavy (non-hydrogen) atoms. The second-order valence-corrected chi connectivity index (χ2v) is 4.63. The van der Waals surface area contributed by atoms with E-state index in [0.717, 1.165) is 25.0 Å². The van der Waals surface area contributed by atoms with Crippen LogP contribution in [0.5, 0.6) is 0 Å². The van der Waals surface area contributed by atoms with Gasteiger partial charge in [-0.2, -0.15) is 5.10 Å². The molecule has 2 heterocycles. The SMILES string of the molecule is CCc1cc(CC(N)Cc2ccncc2)n(C)n1. The molecule has 0 aliphatic rings. The van der Waals surface area contributed by atoms with Crippen LogP contribution in [0.3, 0.4) is 0 Å². The molecule has 0 amide bonds. The topological polar surface area (TPSA) is 56.7 Å². The first-order valence-electron chi connectivity index (χ1n) is 6.35. The molecule has 2 aromatic heterocycles. The highest BCUT2D eigenvalue weighted by atomic mass is 15.3. The largest absolute Gasteiger partial charge is 0.327 e. The number of nitrogens with two attached hydrogens (primary N) is 1. The molecule has 0 saturated heterocycles. The van der Waals surface area contributed by atoms with Gasteiger partial charge < -0.3 is 5.73 Å². The van der Waals surface area contributed by atoms with Crippen molar-refractivity contribution in [3.05, 3.63) is 47.5 Å². The van der Waals surface area contributed by atoms with E-state index in [1.54, 1.807) is 12.4 Å². The van der Waals surface area contributed by atoms with Crippen molar-refractivity contribution in [3.8, 4) is 0 Å². The monoisotopic (exact) mass is 244 g/mol. The van der Waals surface area contributed by atoms with Gasteiger partial charge >= 0.3 is 0 Å². The highest BCUT2D eigenvalue weighted by Crippen LogP contribution is 2.09. The van der Waals surface area contributed by atoms with Gasteiger partial charge in [0.15, 0.2) is 0 Å². The first-order chi connectivity index (χ1) is 8.69. The number of aryl methyl sites for hydroxylation is 2. The van der Waals surface area contributed by atoms with Crippen molar-refractivity contribution in [1.82, 2.24) is 14.8 Å². The summed E-state index contributed by atoms with van der Waals surface area (Å²) in [7, 11) is 1.98. The number of pyridine rings is 1. The second kappa shape index (κ2) is 5.78. The lowest BCUT2D eigenvalue weighted by atomic mass is 10.0. The van der Waals surface area contributed by atoms with Gasteiger partial charge in [0.1, 0.15) is 0 Å². The maximum atomic E-state index is 6.20. The summed E-state index contributed by atoms with van der Waals surface area (Å²) in [5.74, 6) is 0. The molecular formula is C14H20N4. The Morgan fingerprint density at radius 1 is 1.28 bits per heavy atom. The van der Waals surface area contributed by atoms with Crippen molar-refractivity contribution < 1.29 is 0 Å². The van der Waals surface area contributed by atoms with Crippen molar-refractivity contribution in [1.29, 1.82) is 0 Å². The molecule has 1 atom stereocenters. The van der Waals surface area contributed by atoms with E-state index in [2.05, 4.69) is 23.1 Å². The smallest absolute Gasteiger partial charge is 0.0624 e. The number of aromatic nitrogens is 3. The molecule has 0 aliphatic carbocycles. The van der Waals surface area contributed by atoms with Gasteiger partial charge in [-0.25, -0.2) is 0 Å². The van der Waals surface area contributed by atoms with Crippen molar-refractivity contribution >= 4 is 0 Å². The molecule has 1 unspecified atom stereocenters. The predicted molar refractivity (Wildman–Crippen MR) is 72.2 cm³/mol. The fraction of sp³-hybridized carbons (Fsp3) is 0.429. The Morgan fingerprint density at radius 2 is 2.00 bits per heavy atom. The van der Waals surface area contributed by atoms with Crippen LogP contribution in [0, 0.1) is 0 Å². The maximum Gasteiger partial charge on any atom is 0.0624 e. The molecule has 2 aromatic rings. The van der Waals surface area contributed by atoms with E-state index >= 15 is 0 Å². The molecule has 0 bridgehead atoms. The molecule has 4 nitrogen and oxygen atoms in total. The van der Waals surface area contributed by atoms with Crippen molar-refractivity contribution in [2.24, 2.45) is 12.8 Å². The third-order valence-corrected chi connectivity index (χ3v) is 3.11. The Morgan fingerprint density at radius 3 is 2.61 bits per heavy atom. The first kappa shape index (κ1) is 12.8. The Hall–Kier alpha value is -1.68. The zero-order valence-corrected chi connectivity index (χ0v) is 11.0. The van der Waals surface area contributed by atoms with Gasteiger partial charge in [0, 0.05) is 37.6 Å². The average molecular weight is 244 g/mol. The molecular weight excluding hydrogens is 224 g/mol. The standard InChI is InChI=1S/C14H20N4/c1-3-13-10-14(18(2)17-13)9-12(15)8-11-4-6-16-7-5-11/h4-7,10,12H,3,8-9,15H2,1-2H3. The van der Waals surface area contributed by atoms with Crippen LogP contribution in [-0.2, 0) is 26.3 Å². The van der Waals surface area contributed by atoms with Gasteiger partial charge in [-0.05, 0) is 36.6 Å². The molecule has 0 fully saturated rings. The molecule has 0 aliphatic heterocycles. The lowest BCUT2D eigenvalue weighted by Crippen LogP contribution is -2.26. The zero-order chi connectivity index (χ0) is 13.0. The summed E-state index contributed by atoms with van der Waals surface area (Å²) < 4.78 is 1.94. The third kappa shape index (κ3) is 3.17. The van der Waals surface area contributed by atoms with Crippen LogP contribution in [0.2, 0.25) is 0 Å². The minimum absolute atomic E-state index is 0.118. The summed E-state index contributed by atoms with van der Waals surface area (Å²) in [5, 5.41) is 4.44. The summed E-state index contributed by atoms with van der Waals surface area (Å²) in [6.45, 7) is 2.11. The van der Waals surface area contributed by atoms with Crippen LogP contribution in [0.15, 0.2) is 30.6 Å². The highest BCUT2D eigenvalue weighted by Gasteiger charge is 2.10. The van der Waals surface area contributed by atoms with Gasteiger partial charge in [0.05, 0.1) is 5.69 Å². The van der Waals surface area contributed by atoms with Gasteiger partial charge in [-0.1, -0.05) is 6.92 Å². The van der Waals surface area contributed by atoms with Gasteiger partial charge in [0.2, 0.25) is 0 Å². The summed E-state index contributed by atoms with van der Waals surface area (Å²) in [5.41, 5.74) is 9.76. The van der Waals surface area contributed by atoms with Crippen LogP contribution in [0.25, 0.3) is 0 Å². The van der Waals surface area contributed by atoms with E-state index in [1.807, 2.05) is 23.9 Å². The Balaban J connectivity index is 1.98. The minimum atomic E-state index is 0.118. The van der Waals surface area contributed by atoms with E-state index in [4.69, 9.17) is 5.73 Å². The second-order valence-electron chi connectivity index (χ2n) is 4.63. The quantitative estimate of drug-likeness (QED) is 0.867. The average Bonchev–Trinajstić information content (AvgIpc) is 2.71. The summed E-state index contributed by atoms with van der Waals surface area (Å²) in [6, 6.07) is 6.29. The minimum Gasteiger partial charge on any atom is -0.327 e. The van der Waals surface area contributed by atoms with E-state index in [-0.39, 0.29) is 6.04 Å². The molecule has 2 N–H and O–H groups in total. The Labute approximate surface area is 108 Å². The maximum absolute atomic E-state index is 6.20. The summed E-state index contributed by atoms with van der Waals surface area (Å²) in [6.07, 6.45) is 6.30. The molecule has 96 valence electrons. The normalized spacial score (nSPS) is 12.6. The Bertz CT molecular complexity index is 490. The van der Waals surface area contributed by atoms with E-state index < -0.39 is 0 Å². The summed E-state index contributed by atoms with van der Waals surface area (Å²) >= 11 is 0. The lowest BCUT2D eigenvalue weighted by Gasteiger charge is -2.11. The van der Waals surface area contributed by atoms with Crippen LogP contribution >= 0.6 is 0 Å². The van der Waals surface area contributed by atoms with Gasteiger partial charge in [-0.3, -0.25) is 9.67 Å². The van der Waals surface area contributed by atoms with Crippen LogP contribution in [0.4, 0.5) is 0 Å². The van der Waals surface area contributed by atoms with Gasteiger partial charge in [-0.15, -0.1) is 0 Å². The molecule has 0 radical (unpaired) electrons. The van der Waals surface area contributed by atoms with Crippen molar-refractivity contribution in [3.63, 3.8) is 0 Å². The van der Waals surface area contributed by atoms with Crippen LogP contribution in [0.1, 0.15) is 23.9 Å². The number of hydrogen-bond donors (Lipinski definition) is 1. The molecule has 0 spiro atoms. The first-order valence-corrected chi connectivity index (χ1v) is 6.35. The number of rotatable bonds is 5. The molecule has 2 rings (SSSR count). The van der Waals surface area contributed by atoms with Crippen molar-refractivity contribution in [2.75, 3.05) is 0 Å². The van der Waals surface area contributed by atoms with Crippen LogP contribution < -0.4 is 5.73 Å². The van der Waals surface area contributed by atoms with Gasteiger partial charge in [0.25, 0.3) is 0 Å². The molecule has 4 heteroatoms. The Kier molecular flexibility index (Phi) is 4.10. The van der Waals surface area contributed by atoms with E-state index in [1.165, 1.54) is 11.3 Å². The van der Waals surface area contributed by atoms with E-state index in [9.17, 15) is 0 Å². The fourth-order valence-electron chi connectivity index (χ4n) is 2.10. The molecule has 0 aromatic carbocycles. The highest BCUT2D eigenvalue weighted by molar-refractivity contribution is 5.15. The summed E-state index contributed by atoms with van der Waals surface area (Å²) in [4.78, 5) is 4.01. The van der Waals surface area contributed by atoms with E-state index in [0.29, 0.717) is 0 Å². The number of nitrogens with zero attached hydrogens (tertiary/aromatic N) is 3. The zero-order valence-electron chi connectivity index (χ0n) is 11.0. The lowest BCUT2D eigenvalue weighted by molar-refractivity contribution is 0.611. The van der Waals surface area contributed by atoms with Crippen molar-refractivity contribution in [2.45, 2.75) is 32.2 Å². The fourth-order valence-corrected chi connectivity index (χ4v) is 2.10.